The minimum absolute atomic E-state index is 0.0553. The van der Waals surface area contributed by atoms with Crippen molar-refractivity contribution < 1.29 is 36.7 Å². The fourth-order valence-corrected chi connectivity index (χ4v) is 6.49. The lowest BCUT2D eigenvalue weighted by atomic mass is 9.83. The number of benzene rings is 1. The van der Waals surface area contributed by atoms with Gasteiger partial charge in [0.15, 0.2) is 0 Å². The molecule has 264 valence electrons. The summed E-state index contributed by atoms with van der Waals surface area (Å²) >= 11 is 0. The second-order valence-corrected chi connectivity index (χ2v) is 14.2. The van der Waals surface area contributed by atoms with Crippen LogP contribution in [-0.2, 0) is 10.2 Å². The third-order valence-corrected chi connectivity index (χ3v) is 8.90. The highest BCUT2D eigenvalue weighted by Crippen LogP contribution is 2.36. The molecule has 2 aliphatic rings. The minimum atomic E-state index is -1.36. The number of likely N-dealkylation sites (tertiary alicyclic amines) is 2. The van der Waals surface area contributed by atoms with Crippen molar-refractivity contribution in [2.24, 2.45) is 0 Å². The molecule has 6 atom stereocenters. The van der Waals surface area contributed by atoms with Gasteiger partial charge in [-0.1, -0.05) is 11.2 Å². The highest BCUT2D eigenvalue weighted by molar-refractivity contribution is 5.69. The number of nitrogens with zero attached hydrogens (tertiary/aromatic N) is 7. The van der Waals surface area contributed by atoms with Crippen LogP contribution in [0.25, 0.3) is 11.6 Å². The number of aromatic nitrogens is 4. The van der Waals surface area contributed by atoms with Crippen molar-refractivity contribution in [1.29, 1.82) is 5.26 Å². The summed E-state index contributed by atoms with van der Waals surface area (Å²) < 4.78 is 67.4. The maximum absolute atomic E-state index is 14.8. The topological polar surface area (TPSA) is 140 Å². The zero-order valence-electron chi connectivity index (χ0n) is 28.9. The summed E-state index contributed by atoms with van der Waals surface area (Å²) in [6, 6.07) is 5.97. The Balaban J connectivity index is 1.48. The molecule has 0 radical (unpaired) electrons. The van der Waals surface area contributed by atoms with Gasteiger partial charge in [-0.05, 0) is 74.1 Å². The number of amides is 1. The van der Waals surface area contributed by atoms with Gasteiger partial charge >= 0.3 is 6.09 Å². The molecule has 1 aromatic carbocycles. The van der Waals surface area contributed by atoms with Gasteiger partial charge in [0.25, 0.3) is 0 Å². The van der Waals surface area contributed by atoms with E-state index >= 15 is 0 Å². The second kappa shape index (κ2) is 13.8. The molecule has 0 bridgehead atoms. The van der Waals surface area contributed by atoms with E-state index in [1.54, 1.807) is 41.5 Å². The largest absolute Gasteiger partial charge is 0.473 e. The van der Waals surface area contributed by atoms with Gasteiger partial charge in [0.2, 0.25) is 29.3 Å². The monoisotopic (exact) mass is 685 g/mol. The van der Waals surface area contributed by atoms with Gasteiger partial charge in [-0.25, -0.2) is 18.0 Å². The molecule has 12 nitrogen and oxygen atoms in total. The maximum atomic E-state index is 14.8. The second-order valence-electron chi connectivity index (χ2n) is 14.2. The standard InChI is InChI=1S/C34H42F3N7O5/c1-18-25(15-21(12-13-38)44(18)32(45)48-33(3,4)5)47-27-16-26(46-19(2)24-14-20(35)17-43(24)8)39-29(40-27)30-41-31(49-42-30)34(6,7)28-22(36)10-9-11-23(28)37/h9-11,16,18-21,24-25H,12,14-15,17H2,1-8H3/t18-,19+,20-,21-,24+,25-/m1/s1. The smallest absolute Gasteiger partial charge is 0.410 e. The Morgan fingerprint density at radius 1 is 1.10 bits per heavy atom. The first-order chi connectivity index (χ1) is 23.0. The van der Waals surface area contributed by atoms with Crippen molar-refractivity contribution in [2.45, 2.75) is 115 Å². The molecule has 5 rings (SSSR count). The molecule has 2 aliphatic heterocycles. The average Bonchev–Trinajstić information content (AvgIpc) is 3.70. The van der Waals surface area contributed by atoms with E-state index in [0.717, 1.165) is 12.1 Å². The maximum Gasteiger partial charge on any atom is 0.410 e. The van der Waals surface area contributed by atoms with Gasteiger partial charge in [0.05, 0.1) is 36.1 Å². The molecule has 49 heavy (non-hydrogen) atoms. The Kier molecular flexibility index (Phi) is 10.1. The number of alkyl halides is 1. The van der Waals surface area contributed by atoms with Crippen molar-refractivity contribution in [3.8, 4) is 29.5 Å². The molecule has 0 aliphatic carbocycles. The summed E-state index contributed by atoms with van der Waals surface area (Å²) in [6.45, 7) is 12.3. The first kappa shape index (κ1) is 35.8. The molecule has 0 unspecified atom stereocenters. The highest BCUT2D eigenvalue weighted by atomic mass is 19.1. The Morgan fingerprint density at radius 2 is 1.78 bits per heavy atom. The molecule has 1 amide bonds. The molecule has 2 saturated heterocycles. The van der Waals surface area contributed by atoms with Crippen LogP contribution in [0.2, 0.25) is 0 Å². The lowest BCUT2D eigenvalue weighted by Gasteiger charge is -2.31. The Morgan fingerprint density at radius 3 is 2.39 bits per heavy atom. The fraction of sp³-hybridized carbons (Fsp3) is 0.588. The highest BCUT2D eigenvalue weighted by Gasteiger charge is 2.45. The number of hydrogen-bond acceptors (Lipinski definition) is 11. The van der Waals surface area contributed by atoms with Crippen LogP contribution in [0.15, 0.2) is 28.8 Å². The van der Waals surface area contributed by atoms with Crippen LogP contribution in [0.4, 0.5) is 18.0 Å². The molecule has 2 fully saturated rings. The third kappa shape index (κ3) is 7.74. The average molecular weight is 686 g/mol. The molecule has 2 aromatic heterocycles. The van der Waals surface area contributed by atoms with Crippen LogP contribution >= 0.6 is 0 Å². The number of rotatable bonds is 9. The first-order valence-electron chi connectivity index (χ1n) is 16.2. The van der Waals surface area contributed by atoms with Crippen LogP contribution in [0, 0.1) is 23.0 Å². The number of likely N-dealkylation sites (N-methyl/N-ethyl adjacent to an activating group) is 1. The van der Waals surface area contributed by atoms with Crippen molar-refractivity contribution in [1.82, 2.24) is 29.9 Å². The number of carbonyl (C=O) groups excluding carboxylic acids is 1. The number of carbonyl (C=O) groups is 1. The normalized spacial score (nSPS) is 23.7. The lowest BCUT2D eigenvalue weighted by molar-refractivity contribution is 0.0123. The van der Waals surface area contributed by atoms with E-state index in [9.17, 15) is 23.2 Å². The van der Waals surface area contributed by atoms with E-state index in [2.05, 4.69) is 26.2 Å². The zero-order chi connectivity index (χ0) is 35.8. The minimum Gasteiger partial charge on any atom is -0.473 e. The van der Waals surface area contributed by atoms with Crippen LogP contribution in [0.3, 0.4) is 0 Å². The van der Waals surface area contributed by atoms with Crippen LogP contribution in [-0.4, -0.2) is 91.7 Å². The summed E-state index contributed by atoms with van der Waals surface area (Å²) in [4.78, 5) is 30.0. The number of nitriles is 1. The van der Waals surface area contributed by atoms with Gasteiger partial charge in [0, 0.05) is 24.6 Å². The van der Waals surface area contributed by atoms with Gasteiger partial charge in [-0.15, -0.1) is 0 Å². The molecular formula is C34H42F3N7O5. The van der Waals surface area contributed by atoms with Crippen molar-refractivity contribution >= 4 is 6.09 Å². The van der Waals surface area contributed by atoms with E-state index in [1.807, 2.05) is 18.9 Å². The Bertz CT molecular complexity index is 1690. The molecule has 15 heteroatoms. The van der Waals surface area contributed by atoms with Gasteiger partial charge in [-0.2, -0.15) is 20.2 Å². The number of halogens is 3. The molecule has 0 spiro atoms. The predicted octanol–water partition coefficient (Wildman–Crippen LogP) is 6.00. The van der Waals surface area contributed by atoms with Crippen molar-refractivity contribution in [3.05, 3.63) is 47.4 Å². The van der Waals surface area contributed by atoms with Crippen LogP contribution in [0.5, 0.6) is 11.8 Å². The van der Waals surface area contributed by atoms with E-state index in [-0.39, 0.29) is 60.3 Å². The van der Waals surface area contributed by atoms with Crippen molar-refractivity contribution in [2.75, 3.05) is 13.6 Å². The fourth-order valence-electron chi connectivity index (χ4n) is 6.49. The molecule has 4 heterocycles. The number of ether oxygens (including phenoxy) is 3. The molecule has 0 N–H and O–H groups in total. The van der Waals surface area contributed by atoms with Crippen LogP contribution in [0.1, 0.15) is 79.2 Å². The lowest BCUT2D eigenvalue weighted by Crippen LogP contribution is -2.45. The summed E-state index contributed by atoms with van der Waals surface area (Å²) in [7, 11) is 1.82. The predicted molar refractivity (Wildman–Crippen MR) is 170 cm³/mol. The van der Waals surface area contributed by atoms with E-state index < -0.39 is 59.2 Å². The summed E-state index contributed by atoms with van der Waals surface area (Å²) in [6.07, 6.45) is -1.96. The third-order valence-electron chi connectivity index (χ3n) is 8.90. The van der Waals surface area contributed by atoms with Gasteiger partial charge < -0.3 is 18.7 Å². The van der Waals surface area contributed by atoms with E-state index in [1.165, 1.54) is 17.0 Å². The molecular weight excluding hydrogens is 643 g/mol. The first-order valence-corrected chi connectivity index (χ1v) is 16.2. The summed E-state index contributed by atoms with van der Waals surface area (Å²) in [5, 5.41) is 13.5. The Labute approximate surface area is 283 Å². The number of hydrogen-bond donors (Lipinski definition) is 0. The quantitative estimate of drug-likeness (QED) is 0.262. The van der Waals surface area contributed by atoms with Crippen LogP contribution < -0.4 is 9.47 Å². The van der Waals surface area contributed by atoms with Gasteiger partial charge in [0.1, 0.15) is 35.6 Å². The van der Waals surface area contributed by atoms with Gasteiger partial charge in [-0.3, -0.25) is 9.80 Å². The summed E-state index contributed by atoms with van der Waals surface area (Å²) in [5.41, 5.74) is -2.36. The van der Waals surface area contributed by atoms with E-state index in [0.29, 0.717) is 6.42 Å². The Hall–Kier alpha value is -4.45. The summed E-state index contributed by atoms with van der Waals surface area (Å²) in [5.74, 6) is -1.65. The molecule has 3 aromatic rings. The van der Waals surface area contributed by atoms with E-state index in [4.69, 9.17) is 18.7 Å². The SMILES string of the molecule is C[C@H](Oc1cc(O[C@@H]2C[C@@H](CC#N)N(C(=O)OC(C)(C)C)[C@@H]2C)nc(-c2noc(C(C)(C)c3c(F)cccc3F)n2)n1)[C@@H]1C[C@@H](F)CN1C. The molecule has 0 saturated carbocycles. The van der Waals surface area contributed by atoms with Crippen molar-refractivity contribution in [3.63, 3.8) is 0 Å². The zero-order valence-corrected chi connectivity index (χ0v) is 28.9.